The van der Waals surface area contributed by atoms with Gasteiger partial charge in [-0.05, 0) is 44.9 Å². The summed E-state index contributed by atoms with van der Waals surface area (Å²) in [6.07, 6.45) is 12.2. The largest absolute Gasteiger partial charge is 0.391 e. The minimum Gasteiger partial charge on any atom is -0.391 e. The van der Waals surface area contributed by atoms with Gasteiger partial charge in [-0.1, -0.05) is 12.8 Å². The van der Waals surface area contributed by atoms with Gasteiger partial charge in [-0.3, -0.25) is 4.90 Å². The number of hydrogen-bond donors (Lipinski definition) is 2. The monoisotopic (exact) mass is 359 g/mol. The number of nitrogens with zero attached hydrogens (tertiary/aromatic N) is 4. The van der Waals surface area contributed by atoms with Gasteiger partial charge < -0.3 is 15.3 Å². The van der Waals surface area contributed by atoms with E-state index in [9.17, 15) is 5.11 Å². The van der Waals surface area contributed by atoms with Crippen LogP contribution in [0.25, 0.3) is 0 Å². The highest BCUT2D eigenvalue weighted by Crippen LogP contribution is 2.27. The van der Waals surface area contributed by atoms with Crippen molar-refractivity contribution in [3.05, 3.63) is 12.4 Å². The number of piperidine rings is 2. The molecular formula is C20H33N5O. The standard InChI is InChI=1S/C20H33N5O/c26-18-7-3-2-6-17(18)24-12-8-16(9-13-24)23-19-14-20(22-15-21-19)25-10-4-1-5-11-25/h14-18,26H,1-13H2,(H,21,22,23). The molecule has 3 heterocycles. The van der Waals surface area contributed by atoms with Gasteiger partial charge in [0.1, 0.15) is 18.0 Å². The maximum Gasteiger partial charge on any atom is 0.134 e. The van der Waals surface area contributed by atoms with E-state index in [0.29, 0.717) is 12.1 Å². The molecule has 3 aliphatic rings. The fraction of sp³-hybridized carbons (Fsp3) is 0.800. The van der Waals surface area contributed by atoms with E-state index in [1.807, 2.05) is 0 Å². The van der Waals surface area contributed by atoms with Crippen molar-refractivity contribution in [2.45, 2.75) is 76.0 Å². The molecule has 0 aromatic carbocycles. The summed E-state index contributed by atoms with van der Waals surface area (Å²) >= 11 is 0. The van der Waals surface area contributed by atoms with Gasteiger partial charge in [-0.25, -0.2) is 9.97 Å². The summed E-state index contributed by atoms with van der Waals surface area (Å²) in [6.45, 7) is 4.37. The number of nitrogens with one attached hydrogen (secondary N) is 1. The number of anilines is 2. The number of hydrogen-bond acceptors (Lipinski definition) is 6. The third-order valence-electron chi connectivity index (χ3n) is 6.38. The zero-order chi connectivity index (χ0) is 17.8. The van der Waals surface area contributed by atoms with Crippen LogP contribution in [0.3, 0.4) is 0 Å². The maximum atomic E-state index is 10.3. The van der Waals surface area contributed by atoms with Crippen molar-refractivity contribution in [3.63, 3.8) is 0 Å². The lowest BCUT2D eigenvalue weighted by molar-refractivity contribution is 0.00992. The van der Waals surface area contributed by atoms with Gasteiger partial charge in [0, 0.05) is 44.3 Å². The highest BCUT2D eigenvalue weighted by Gasteiger charge is 2.31. The SMILES string of the molecule is OC1CCCCC1N1CCC(Nc2cc(N3CCCCC3)ncn2)CC1. The minimum atomic E-state index is -0.123. The second-order valence-electron chi connectivity index (χ2n) is 8.18. The Hall–Kier alpha value is -1.40. The Kier molecular flexibility index (Phi) is 5.90. The van der Waals surface area contributed by atoms with Crippen LogP contribution in [-0.2, 0) is 0 Å². The van der Waals surface area contributed by atoms with E-state index in [2.05, 4.69) is 31.2 Å². The highest BCUT2D eigenvalue weighted by atomic mass is 16.3. The fourth-order valence-corrected chi connectivity index (χ4v) is 4.82. The molecule has 1 aromatic rings. The van der Waals surface area contributed by atoms with Crippen molar-refractivity contribution in [3.8, 4) is 0 Å². The van der Waals surface area contributed by atoms with Crippen molar-refractivity contribution in [1.29, 1.82) is 0 Å². The molecule has 0 amide bonds. The molecule has 4 rings (SSSR count). The van der Waals surface area contributed by atoms with Crippen LogP contribution in [0.1, 0.15) is 57.8 Å². The average molecular weight is 360 g/mol. The zero-order valence-electron chi connectivity index (χ0n) is 15.8. The molecule has 2 saturated heterocycles. The van der Waals surface area contributed by atoms with E-state index in [-0.39, 0.29) is 6.10 Å². The first-order valence-electron chi connectivity index (χ1n) is 10.6. The summed E-state index contributed by atoms with van der Waals surface area (Å²) in [7, 11) is 0. The number of aliphatic hydroxyl groups is 1. The van der Waals surface area contributed by atoms with Crippen LogP contribution in [-0.4, -0.2) is 64.3 Å². The molecular weight excluding hydrogens is 326 g/mol. The Morgan fingerprint density at radius 3 is 2.42 bits per heavy atom. The maximum absolute atomic E-state index is 10.3. The second kappa shape index (κ2) is 8.53. The lowest BCUT2D eigenvalue weighted by Crippen LogP contribution is -2.50. The summed E-state index contributed by atoms with van der Waals surface area (Å²) in [5.74, 6) is 2.02. The molecule has 1 aliphatic carbocycles. The molecule has 1 aromatic heterocycles. The van der Waals surface area contributed by atoms with E-state index in [1.54, 1.807) is 6.33 Å². The Morgan fingerprint density at radius 1 is 0.885 bits per heavy atom. The van der Waals surface area contributed by atoms with Crippen molar-refractivity contribution < 1.29 is 5.11 Å². The third kappa shape index (κ3) is 4.29. The third-order valence-corrected chi connectivity index (χ3v) is 6.38. The molecule has 6 nitrogen and oxygen atoms in total. The quantitative estimate of drug-likeness (QED) is 0.862. The van der Waals surface area contributed by atoms with Crippen LogP contribution in [0.15, 0.2) is 12.4 Å². The first-order chi connectivity index (χ1) is 12.8. The van der Waals surface area contributed by atoms with Gasteiger partial charge in [-0.2, -0.15) is 0 Å². The summed E-state index contributed by atoms with van der Waals surface area (Å²) in [5, 5.41) is 13.9. The van der Waals surface area contributed by atoms with Gasteiger partial charge in [-0.15, -0.1) is 0 Å². The van der Waals surface area contributed by atoms with Crippen LogP contribution in [0, 0.1) is 0 Å². The van der Waals surface area contributed by atoms with Crippen LogP contribution >= 0.6 is 0 Å². The Morgan fingerprint density at radius 2 is 1.65 bits per heavy atom. The van der Waals surface area contributed by atoms with Crippen LogP contribution < -0.4 is 10.2 Å². The molecule has 1 saturated carbocycles. The summed E-state index contributed by atoms with van der Waals surface area (Å²) in [5.41, 5.74) is 0. The topological polar surface area (TPSA) is 64.5 Å². The lowest BCUT2D eigenvalue weighted by Gasteiger charge is -2.41. The number of aromatic nitrogens is 2. The second-order valence-corrected chi connectivity index (χ2v) is 8.18. The van der Waals surface area contributed by atoms with E-state index >= 15 is 0 Å². The molecule has 2 atom stereocenters. The molecule has 6 heteroatoms. The van der Waals surface area contributed by atoms with Gasteiger partial charge >= 0.3 is 0 Å². The van der Waals surface area contributed by atoms with Crippen LogP contribution in [0.2, 0.25) is 0 Å². The van der Waals surface area contributed by atoms with E-state index in [1.165, 1.54) is 32.1 Å². The molecule has 0 spiro atoms. The number of likely N-dealkylation sites (tertiary alicyclic amines) is 1. The highest BCUT2D eigenvalue weighted by molar-refractivity contribution is 5.49. The molecule has 2 unspecified atom stereocenters. The van der Waals surface area contributed by atoms with Gasteiger partial charge in [0.15, 0.2) is 0 Å². The van der Waals surface area contributed by atoms with Crippen molar-refractivity contribution in [2.75, 3.05) is 36.4 Å². The van der Waals surface area contributed by atoms with Gasteiger partial charge in [0.05, 0.1) is 6.10 Å². The molecule has 144 valence electrons. The Bertz CT molecular complexity index is 569. The lowest BCUT2D eigenvalue weighted by atomic mass is 9.89. The van der Waals surface area contributed by atoms with E-state index in [4.69, 9.17) is 0 Å². The van der Waals surface area contributed by atoms with E-state index < -0.39 is 0 Å². The predicted molar refractivity (Wildman–Crippen MR) is 105 cm³/mol. The fourth-order valence-electron chi connectivity index (χ4n) is 4.82. The van der Waals surface area contributed by atoms with Crippen molar-refractivity contribution in [2.24, 2.45) is 0 Å². The number of aliphatic hydroxyl groups excluding tert-OH is 1. The molecule has 3 fully saturated rings. The molecule has 26 heavy (non-hydrogen) atoms. The van der Waals surface area contributed by atoms with Gasteiger partial charge in [0.2, 0.25) is 0 Å². The van der Waals surface area contributed by atoms with E-state index in [0.717, 1.165) is 63.5 Å². The average Bonchev–Trinajstić information content (AvgIpc) is 2.70. The zero-order valence-corrected chi connectivity index (χ0v) is 15.8. The summed E-state index contributed by atoms with van der Waals surface area (Å²) in [4.78, 5) is 13.8. The molecule has 2 aliphatic heterocycles. The summed E-state index contributed by atoms with van der Waals surface area (Å²) in [6, 6.07) is 2.97. The smallest absolute Gasteiger partial charge is 0.134 e. The molecule has 0 radical (unpaired) electrons. The van der Waals surface area contributed by atoms with Crippen LogP contribution in [0.5, 0.6) is 0 Å². The first kappa shape index (κ1) is 18.0. The number of rotatable bonds is 4. The van der Waals surface area contributed by atoms with Crippen molar-refractivity contribution >= 4 is 11.6 Å². The molecule has 2 N–H and O–H groups in total. The Balaban J connectivity index is 1.30. The first-order valence-corrected chi connectivity index (χ1v) is 10.6. The normalized spacial score (nSPS) is 28.9. The van der Waals surface area contributed by atoms with Crippen LogP contribution in [0.4, 0.5) is 11.6 Å². The Labute approximate surface area is 157 Å². The summed E-state index contributed by atoms with van der Waals surface area (Å²) < 4.78 is 0. The molecule has 0 bridgehead atoms. The predicted octanol–water partition coefficient (Wildman–Crippen LogP) is 2.65. The minimum absolute atomic E-state index is 0.123. The van der Waals surface area contributed by atoms with Gasteiger partial charge in [0.25, 0.3) is 0 Å². The van der Waals surface area contributed by atoms with Crippen molar-refractivity contribution in [1.82, 2.24) is 14.9 Å².